The Kier molecular flexibility index (Phi) is 5.58. The van der Waals surface area contributed by atoms with Crippen molar-refractivity contribution in [3.8, 4) is 0 Å². The number of pyridine rings is 1. The van der Waals surface area contributed by atoms with Crippen molar-refractivity contribution < 1.29 is 8.42 Å². The highest BCUT2D eigenvalue weighted by Gasteiger charge is 2.28. The highest BCUT2D eigenvalue weighted by atomic mass is 35.5. The zero-order valence-electron chi connectivity index (χ0n) is 15.1. The molecule has 0 radical (unpaired) electrons. The molecule has 1 aromatic heterocycles. The van der Waals surface area contributed by atoms with Gasteiger partial charge in [-0.3, -0.25) is 4.90 Å². The van der Waals surface area contributed by atoms with Crippen molar-refractivity contribution in [1.82, 2.24) is 14.2 Å². The number of nitrogens with zero attached hydrogens (tertiary/aromatic N) is 3. The van der Waals surface area contributed by atoms with Gasteiger partial charge in [-0.1, -0.05) is 41.4 Å². The van der Waals surface area contributed by atoms with Gasteiger partial charge in [-0.2, -0.15) is 4.31 Å². The molecule has 28 heavy (non-hydrogen) atoms. The summed E-state index contributed by atoms with van der Waals surface area (Å²) < 4.78 is 27.1. The van der Waals surface area contributed by atoms with Gasteiger partial charge in [0.2, 0.25) is 10.0 Å². The van der Waals surface area contributed by atoms with Crippen molar-refractivity contribution in [3.05, 3.63) is 70.3 Å². The SMILES string of the molecule is O=S(=O)(c1ccc(Cl)cc1)N1CCN(Cc2cc3ccccc3nc2Cl)CC1. The van der Waals surface area contributed by atoms with Crippen LogP contribution in [-0.2, 0) is 16.6 Å². The van der Waals surface area contributed by atoms with E-state index in [1.54, 1.807) is 24.3 Å². The van der Waals surface area contributed by atoms with Gasteiger partial charge in [0.05, 0.1) is 10.4 Å². The number of fused-ring (bicyclic) bond motifs is 1. The van der Waals surface area contributed by atoms with Gasteiger partial charge in [-0.05, 0) is 36.4 Å². The Labute approximate surface area is 174 Å². The van der Waals surface area contributed by atoms with Crippen molar-refractivity contribution >= 4 is 44.1 Å². The van der Waals surface area contributed by atoms with Crippen LogP contribution in [0.5, 0.6) is 0 Å². The molecule has 0 saturated carbocycles. The molecule has 1 fully saturated rings. The maximum atomic E-state index is 12.8. The van der Waals surface area contributed by atoms with Crippen molar-refractivity contribution in [2.45, 2.75) is 11.4 Å². The van der Waals surface area contributed by atoms with Gasteiger partial charge in [0.1, 0.15) is 5.15 Å². The predicted molar refractivity (Wildman–Crippen MR) is 112 cm³/mol. The summed E-state index contributed by atoms with van der Waals surface area (Å²) in [6, 6.07) is 16.2. The van der Waals surface area contributed by atoms with Crippen LogP contribution in [0.25, 0.3) is 10.9 Å². The molecule has 0 bridgehead atoms. The lowest BCUT2D eigenvalue weighted by atomic mass is 10.1. The number of piperazine rings is 1. The quantitative estimate of drug-likeness (QED) is 0.580. The fourth-order valence-electron chi connectivity index (χ4n) is 3.37. The monoisotopic (exact) mass is 435 g/mol. The minimum absolute atomic E-state index is 0.270. The first kappa shape index (κ1) is 19.6. The van der Waals surface area contributed by atoms with E-state index in [0.717, 1.165) is 16.5 Å². The van der Waals surface area contributed by atoms with E-state index in [4.69, 9.17) is 23.2 Å². The van der Waals surface area contributed by atoms with Gasteiger partial charge < -0.3 is 0 Å². The van der Waals surface area contributed by atoms with Gasteiger partial charge in [0.15, 0.2) is 0 Å². The summed E-state index contributed by atoms with van der Waals surface area (Å²) in [7, 11) is -3.50. The smallest absolute Gasteiger partial charge is 0.243 e. The van der Waals surface area contributed by atoms with Crippen molar-refractivity contribution in [2.75, 3.05) is 26.2 Å². The minimum Gasteiger partial charge on any atom is -0.296 e. The van der Waals surface area contributed by atoms with Crippen LogP contribution in [0.1, 0.15) is 5.56 Å². The molecular weight excluding hydrogens is 417 g/mol. The van der Waals surface area contributed by atoms with Crippen molar-refractivity contribution in [2.24, 2.45) is 0 Å². The Morgan fingerprint density at radius 2 is 1.61 bits per heavy atom. The van der Waals surface area contributed by atoms with Crippen LogP contribution in [0.3, 0.4) is 0 Å². The molecule has 4 rings (SSSR count). The molecule has 1 aliphatic rings. The van der Waals surface area contributed by atoms with E-state index in [9.17, 15) is 8.42 Å². The average molecular weight is 436 g/mol. The number of sulfonamides is 1. The first-order valence-corrected chi connectivity index (χ1v) is 11.2. The minimum atomic E-state index is -3.50. The average Bonchev–Trinajstić information content (AvgIpc) is 2.69. The lowest BCUT2D eigenvalue weighted by Gasteiger charge is -2.34. The number of rotatable bonds is 4. The van der Waals surface area contributed by atoms with Crippen LogP contribution in [0.15, 0.2) is 59.5 Å². The molecule has 1 saturated heterocycles. The third-order valence-electron chi connectivity index (χ3n) is 4.93. The summed E-state index contributed by atoms with van der Waals surface area (Å²) in [6.45, 7) is 2.78. The molecule has 0 unspecified atom stereocenters. The molecule has 0 spiro atoms. The van der Waals surface area contributed by atoms with Crippen LogP contribution >= 0.6 is 23.2 Å². The number of benzene rings is 2. The Morgan fingerprint density at radius 1 is 0.929 bits per heavy atom. The lowest BCUT2D eigenvalue weighted by molar-refractivity contribution is 0.181. The molecule has 0 N–H and O–H groups in total. The van der Waals surface area contributed by atoms with Gasteiger partial charge in [-0.25, -0.2) is 13.4 Å². The molecule has 8 heteroatoms. The number of aromatic nitrogens is 1. The van der Waals surface area contributed by atoms with Crippen molar-refractivity contribution in [1.29, 1.82) is 0 Å². The summed E-state index contributed by atoms with van der Waals surface area (Å²) in [5, 5.41) is 2.06. The standard InChI is InChI=1S/C20H19Cl2N3O2S/c21-17-5-7-18(8-6-17)28(26,27)25-11-9-24(10-12-25)14-16-13-15-3-1-2-4-19(15)23-20(16)22/h1-8,13H,9-12,14H2. The molecule has 3 aromatic rings. The predicted octanol–water partition coefficient (Wildman–Crippen LogP) is 4.05. The zero-order valence-corrected chi connectivity index (χ0v) is 17.4. The van der Waals surface area contributed by atoms with Crippen molar-refractivity contribution in [3.63, 3.8) is 0 Å². The fraction of sp³-hybridized carbons (Fsp3) is 0.250. The lowest BCUT2D eigenvalue weighted by Crippen LogP contribution is -2.48. The molecule has 1 aliphatic heterocycles. The fourth-order valence-corrected chi connectivity index (χ4v) is 5.13. The van der Waals surface area contributed by atoms with Crippen LogP contribution in [0, 0.1) is 0 Å². The topological polar surface area (TPSA) is 53.5 Å². The zero-order chi connectivity index (χ0) is 19.7. The molecule has 146 valence electrons. The van der Waals surface area contributed by atoms with Gasteiger partial charge in [0.25, 0.3) is 0 Å². The van der Waals surface area contributed by atoms with E-state index >= 15 is 0 Å². The maximum absolute atomic E-state index is 12.8. The van der Waals surface area contributed by atoms with Crippen LogP contribution < -0.4 is 0 Å². The summed E-state index contributed by atoms with van der Waals surface area (Å²) in [6.07, 6.45) is 0. The molecule has 0 amide bonds. The largest absolute Gasteiger partial charge is 0.296 e. The van der Waals surface area contributed by atoms with E-state index in [1.165, 1.54) is 4.31 Å². The molecule has 0 aliphatic carbocycles. The second-order valence-corrected chi connectivity index (χ2v) is 9.50. The first-order valence-electron chi connectivity index (χ1n) is 8.96. The normalized spacial score (nSPS) is 16.5. The molecule has 2 aromatic carbocycles. The summed E-state index contributed by atoms with van der Waals surface area (Å²) >= 11 is 12.2. The summed E-state index contributed by atoms with van der Waals surface area (Å²) in [5.74, 6) is 0. The van der Waals surface area contributed by atoms with Crippen LogP contribution in [0.4, 0.5) is 0 Å². The van der Waals surface area contributed by atoms with E-state index in [2.05, 4.69) is 16.0 Å². The van der Waals surface area contributed by atoms with E-state index in [0.29, 0.717) is 42.9 Å². The Hall–Kier alpha value is -1.70. The second-order valence-electron chi connectivity index (χ2n) is 6.77. The van der Waals surface area contributed by atoms with E-state index < -0.39 is 10.0 Å². The Morgan fingerprint density at radius 3 is 2.32 bits per heavy atom. The second kappa shape index (κ2) is 7.97. The number of hydrogen-bond donors (Lipinski definition) is 0. The van der Waals surface area contributed by atoms with E-state index in [-0.39, 0.29) is 4.90 Å². The number of para-hydroxylation sites is 1. The summed E-state index contributed by atoms with van der Waals surface area (Å²) in [5.41, 5.74) is 1.82. The number of halogens is 2. The summed E-state index contributed by atoms with van der Waals surface area (Å²) in [4.78, 5) is 6.93. The highest BCUT2D eigenvalue weighted by Crippen LogP contribution is 2.24. The Balaban J connectivity index is 1.44. The van der Waals surface area contributed by atoms with Crippen LogP contribution in [-0.4, -0.2) is 48.8 Å². The highest BCUT2D eigenvalue weighted by molar-refractivity contribution is 7.89. The maximum Gasteiger partial charge on any atom is 0.243 e. The van der Waals surface area contributed by atoms with Gasteiger partial charge in [0, 0.05) is 48.7 Å². The molecule has 2 heterocycles. The third-order valence-corrected chi connectivity index (χ3v) is 7.42. The first-order chi connectivity index (χ1) is 13.4. The third kappa shape index (κ3) is 4.02. The molecule has 5 nitrogen and oxygen atoms in total. The molecule has 0 atom stereocenters. The van der Waals surface area contributed by atoms with Gasteiger partial charge in [-0.15, -0.1) is 0 Å². The van der Waals surface area contributed by atoms with Gasteiger partial charge >= 0.3 is 0 Å². The molecular formula is C20H19Cl2N3O2S. The Bertz CT molecular complexity index is 1100. The van der Waals surface area contributed by atoms with Crippen LogP contribution in [0.2, 0.25) is 10.2 Å². The van der Waals surface area contributed by atoms with E-state index in [1.807, 2.05) is 24.3 Å². The number of hydrogen-bond acceptors (Lipinski definition) is 4.